The van der Waals surface area contributed by atoms with Gasteiger partial charge in [-0.25, -0.2) is 0 Å². The quantitative estimate of drug-likeness (QED) is 0.492. The van der Waals surface area contributed by atoms with Gasteiger partial charge in [0.1, 0.15) is 0 Å². The van der Waals surface area contributed by atoms with Gasteiger partial charge in [0.15, 0.2) is 0 Å². The Kier molecular flexibility index (Phi) is 5.07. The SMILES string of the molecule is N#CC(=Cc1cccc2cnccc12)c1cn(C(=O)C2CCNCC2)c2ccccc12. The summed E-state index contributed by atoms with van der Waals surface area (Å²) >= 11 is 0. The number of nitrogens with one attached hydrogen (secondary N) is 1. The first-order valence-electron chi connectivity index (χ1n) is 10.6. The lowest BCUT2D eigenvalue weighted by Crippen LogP contribution is -2.33. The highest BCUT2D eigenvalue weighted by molar-refractivity contribution is 6.06. The van der Waals surface area contributed by atoms with E-state index in [1.165, 1.54) is 0 Å². The first kappa shape index (κ1) is 19.2. The predicted molar refractivity (Wildman–Crippen MR) is 123 cm³/mol. The first-order chi connectivity index (χ1) is 15.3. The minimum Gasteiger partial charge on any atom is -0.317 e. The number of aromatic nitrogens is 2. The molecule has 5 heteroatoms. The number of benzene rings is 2. The number of hydrogen-bond donors (Lipinski definition) is 1. The van der Waals surface area contributed by atoms with E-state index < -0.39 is 0 Å². The van der Waals surface area contributed by atoms with Crippen LogP contribution in [-0.2, 0) is 0 Å². The zero-order valence-corrected chi connectivity index (χ0v) is 17.1. The maximum absolute atomic E-state index is 13.3. The fourth-order valence-corrected chi connectivity index (χ4v) is 4.44. The summed E-state index contributed by atoms with van der Waals surface area (Å²) in [6.07, 6.45) is 9.01. The zero-order chi connectivity index (χ0) is 21.2. The van der Waals surface area contributed by atoms with Crippen molar-refractivity contribution in [2.75, 3.05) is 13.1 Å². The van der Waals surface area contributed by atoms with E-state index in [1.807, 2.05) is 67.0 Å². The third-order valence-electron chi connectivity index (χ3n) is 6.06. The molecule has 1 saturated heterocycles. The Bertz CT molecular complexity index is 1350. The van der Waals surface area contributed by atoms with Crippen LogP contribution in [0, 0.1) is 17.2 Å². The highest BCUT2D eigenvalue weighted by atomic mass is 16.2. The molecule has 3 heterocycles. The molecule has 0 saturated carbocycles. The molecule has 0 amide bonds. The molecule has 0 aliphatic carbocycles. The van der Waals surface area contributed by atoms with Gasteiger partial charge in [0.05, 0.1) is 17.2 Å². The summed E-state index contributed by atoms with van der Waals surface area (Å²) < 4.78 is 1.75. The summed E-state index contributed by atoms with van der Waals surface area (Å²) in [4.78, 5) is 17.5. The van der Waals surface area contributed by atoms with Gasteiger partial charge in [0, 0.05) is 40.8 Å². The predicted octanol–water partition coefficient (Wildman–Crippen LogP) is 4.89. The zero-order valence-electron chi connectivity index (χ0n) is 17.1. The third kappa shape index (κ3) is 3.52. The number of piperidine rings is 1. The molecule has 5 nitrogen and oxygen atoms in total. The van der Waals surface area contributed by atoms with Crippen molar-refractivity contribution in [3.63, 3.8) is 0 Å². The molecule has 0 bridgehead atoms. The molecule has 1 aliphatic rings. The van der Waals surface area contributed by atoms with Crippen molar-refractivity contribution < 1.29 is 4.79 Å². The molecule has 0 atom stereocenters. The Morgan fingerprint density at radius 2 is 1.94 bits per heavy atom. The smallest absolute Gasteiger partial charge is 0.234 e. The molecule has 0 spiro atoms. The molecular weight excluding hydrogens is 384 g/mol. The monoisotopic (exact) mass is 406 g/mol. The normalized spacial score (nSPS) is 15.3. The largest absolute Gasteiger partial charge is 0.317 e. The fourth-order valence-electron chi connectivity index (χ4n) is 4.44. The number of para-hydroxylation sites is 1. The fraction of sp³-hybridized carbons (Fsp3) is 0.192. The molecule has 5 rings (SSSR count). The highest BCUT2D eigenvalue weighted by Gasteiger charge is 2.25. The van der Waals surface area contributed by atoms with E-state index in [2.05, 4.69) is 16.4 Å². The minimum absolute atomic E-state index is 0.00462. The second-order valence-electron chi connectivity index (χ2n) is 7.91. The van der Waals surface area contributed by atoms with Crippen molar-refractivity contribution in [2.24, 2.45) is 5.92 Å². The molecule has 4 aromatic rings. The van der Waals surface area contributed by atoms with Gasteiger partial charge in [-0.15, -0.1) is 0 Å². The molecule has 1 N–H and O–H groups in total. The van der Waals surface area contributed by atoms with E-state index in [4.69, 9.17) is 0 Å². The standard InChI is InChI=1S/C26H22N4O/c27-15-21(14-19-4-3-5-20-16-29-13-10-22(19)20)24-17-30(25-7-2-1-6-23(24)25)26(31)18-8-11-28-12-9-18/h1-7,10,13-14,16-18,28H,8-9,11-12H2. The van der Waals surface area contributed by atoms with E-state index in [0.29, 0.717) is 5.57 Å². The van der Waals surface area contributed by atoms with Crippen molar-refractivity contribution in [1.82, 2.24) is 14.9 Å². The van der Waals surface area contributed by atoms with Gasteiger partial charge in [-0.1, -0.05) is 36.4 Å². The van der Waals surface area contributed by atoms with Crippen LogP contribution in [0.1, 0.15) is 28.8 Å². The van der Waals surface area contributed by atoms with Gasteiger partial charge in [-0.05, 0) is 55.1 Å². The Labute approximate surface area is 180 Å². The number of hydrogen-bond acceptors (Lipinski definition) is 4. The van der Waals surface area contributed by atoms with Crippen LogP contribution in [0.2, 0.25) is 0 Å². The van der Waals surface area contributed by atoms with Crippen molar-refractivity contribution >= 4 is 39.2 Å². The van der Waals surface area contributed by atoms with E-state index in [1.54, 1.807) is 10.8 Å². The van der Waals surface area contributed by atoms with E-state index in [9.17, 15) is 10.1 Å². The number of carbonyl (C=O) groups excluding carboxylic acids is 1. The molecule has 2 aromatic heterocycles. The maximum atomic E-state index is 13.3. The number of carbonyl (C=O) groups is 1. The first-order valence-corrected chi connectivity index (χ1v) is 10.6. The van der Waals surface area contributed by atoms with Gasteiger partial charge < -0.3 is 5.32 Å². The molecule has 1 fully saturated rings. The molecule has 1 aliphatic heterocycles. The summed E-state index contributed by atoms with van der Waals surface area (Å²) in [6.45, 7) is 1.73. The maximum Gasteiger partial charge on any atom is 0.234 e. The van der Waals surface area contributed by atoms with Gasteiger partial charge in [-0.2, -0.15) is 5.26 Å². The lowest BCUT2D eigenvalue weighted by Gasteiger charge is -2.21. The average molecular weight is 406 g/mol. The van der Waals surface area contributed by atoms with E-state index >= 15 is 0 Å². The van der Waals surface area contributed by atoms with Crippen LogP contribution in [0.15, 0.2) is 67.1 Å². The summed E-state index contributed by atoms with van der Waals surface area (Å²) in [5, 5.41) is 16.3. The van der Waals surface area contributed by atoms with Crippen molar-refractivity contribution in [3.05, 3.63) is 78.2 Å². The van der Waals surface area contributed by atoms with Crippen LogP contribution in [-0.4, -0.2) is 28.5 Å². The number of allylic oxidation sites excluding steroid dienone is 1. The molecule has 0 radical (unpaired) electrons. The van der Waals surface area contributed by atoms with Gasteiger partial charge in [-0.3, -0.25) is 14.3 Å². The van der Waals surface area contributed by atoms with Crippen molar-refractivity contribution in [1.29, 1.82) is 5.26 Å². The Hall–Kier alpha value is -3.75. The molecule has 152 valence electrons. The van der Waals surface area contributed by atoms with Crippen LogP contribution in [0.25, 0.3) is 33.3 Å². The van der Waals surface area contributed by atoms with Crippen molar-refractivity contribution in [3.8, 4) is 6.07 Å². The van der Waals surface area contributed by atoms with Gasteiger partial charge in [0.2, 0.25) is 5.91 Å². The minimum atomic E-state index is 0.00462. The van der Waals surface area contributed by atoms with Crippen LogP contribution in [0.5, 0.6) is 0 Å². The summed E-state index contributed by atoms with van der Waals surface area (Å²) in [7, 11) is 0. The lowest BCUT2D eigenvalue weighted by molar-refractivity contribution is 0.0813. The summed E-state index contributed by atoms with van der Waals surface area (Å²) in [6, 6.07) is 18.1. The number of pyridine rings is 1. The Morgan fingerprint density at radius 1 is 1.10 bits per heavy atom. The number of nitrogens with zero attached hydrogens (tertiary/aromatic N) is 3. The summed E-state index contributed by atoms with van der Waals surface area (Å²) in [5.41, 5.74) is 3.13. The number of rotatable bonds is 3. The second-order valence-corrected chi connectivity index (χ2v) is 7.91. The van der Waals surface area contributed by atoms with Gasteiger partial charge >= 0.3 is 0 Å². The van der Waals surface area contributed by atoms with Crippen LogP contribution >= 0.6 is 0 Å². The number of nitriles is 1. The second kappa shape index (κ2) is 8.17. The van der Waals surface area contributed by atoms with Crippen molar-refractivity contribution in [2.45, 2.75) is 12.8 Å². The average Bonchev–Trinajstić information content (AvgIpc) is 3.22. The van der Waals surface area contributed by atoms with E-state index in [0.717, 1.165) is 58.7 Å². The lowest BCUT2D eigenvalue weighted by atomic mass is 9.97. The number of fused-ring (bicyclic) bond motifs is 2. The highest BCUT2D eigenvalue weighted by Crippen LogP contribution is 2.31. The van der Waals surface area contributed by atoms with Crippen LogP contribution < -0.4 is 5.32 Å². The molecular formula is C26H22N4O. The van der Waals surface area contributed by atoms with Gasteiger partial charge in [0.25, 0.3) is 0 Å². The topological polar surface area (TPSA) is 70.7 Å². The Balaban J connectivity index is 1.64. The van der Waals surface area contributed by atoms with Crippen LogP contribution in [0.4, 0.5) is 0 Å². The summed E-state index contributed by atoms with van der Waals surface area (Å²) in [5.74, 6) is 0.113. The Morgan fingerprint density at radius 3 is 2.77 bits per heavy atom. The molecule has 0 unspecified atom stereocenters. The van der Waals surface area contributed by atoms with E-state index in [-0.39, 0.29) is 11.8 Å². The third-order valence-corrected chi connectivity index (χ3v) is 6.06. The molecule has 2 aromatic carbocycles. The molecule has 31 heavy (non-hydrogen) atoms. The van der Waals surface area contributed by atoms with Crippen LogP contribution in [0.3, 0.4) is 0 Å².